The van der Waals surface area contributed by atoms with Crippen LogP contribution in [0.5, 0.6) is 0 Å². The third kappa shape index (κ3) is 6.97. The quantitative estimate of drug-likeness (QED) is 0.569. The van der Waals surface area contributed by atoms with Gasteiger partial charge in [0.15, 0.2) is 0 Å². The third-order valence-corrected chi connectivity index (χ3v) is 6.48. The summed E-state index contributed by atoms with van der Waals surface area (Å²) in [4.78, 5) is 16.6. The van der Waals surface area contributed by atoms with Gasteiger partial charge in [0.2, 0.25) is 15.9 Å². The lowest BCUT2D eigenvalue weighted by Crippen LogP contribution is -2.36. The van der Waals surface area contributed by atoms with Crippen molar-refractivity contribution in [2.45, 2.75) is 32.9 Å². The number of benzene rings is 2. The lowest BCUT2D eigenvalue weighted by molar-refractivity contribution is -0.138. The zero-order valence-corrected chi connectivity index (χ0v) is 19.8. The highest BCUT2D eigenvalue weighted by molar-refractivity contribution is 7.92. The summed E-state index contributed by atoms with van der Waals surface area (Å²) in [6, 6.07) is 15.0. The topological polar surface area (TPSA) is 79.0 Å². The van der Waals surface area contributed by atoms with E-state index in [9.17, 15) is 13.2 Å². The predicted octanol–water partition coefficient (Wildman–Crippen LogP) is 3.64. The number of methoxy groups -OCH3 is 1. The van der Waals surface area contributed by atoms with Crippen LogP contribution in [0.4, 0.5) is 11.4 Å². The number of hydrogen-bond acceptors (Lipinski definition) is 5. The van der Waals surface area contributed by atoms with E-state index in [2.05, 4.69) is 4.72 Å². The molecule has 0 radical (unpaired) electrons. The summed E-state index contributed by atoms with van der Waals surface area (Å²) in [7, 11) is 1.92. The van der Waals surface area contributed by atoms with Crippen molar-refractivity contribution in [1.82, 2.24) is 4.90 Å². The molecule has 1 atom stereocenters. The summed E-state index contributed by atoms with van der Waals surface area (Å²) in [5.74, 6) is -0.0816. The Morgan fingerprint density at radius 3 is 2.39 bits per heavy atom. The molecule has 0 aromatic heterocycles. The molecule has 0 heterocycles. The molecule has 8 heteroatoms. The maximum atomic E-state index is 12.9. The van der Waals surface area contributed by atoms with Crippen molar-refractivity contribution >= 4 is 27.3 Å². The van der Waals surface area contributed by atoms with E-state index in [-0.39, 0.29) is 24.3 Å². The van der Waals surface area contributed by atoms with Crippen molar-refractivity contribution in [3.63, 3.8) is 0 Å². The van der Waals surface area contributed by atoms with Gasteiger partial charge in [0.05, 0.1) is 11.8 Å². The molecule has 170 valence electrons. The largest absolute Gasteiger partial charge is 0.377 e. The molecule has 0 fully saturated rings. The van der Waals surface area contributed by atoms with Gasteiger partial charge in [0.1, 0.15) is 6.61 Å². The predicted molar refractivity (Wildman–Crippen MR) is 126 cm³/mol. The van der Waals surface area contributed by atoms with Gasteiger partial charge in [0.25, 0.3) is 0 Å². The highest BCUT2D eigenvalue weighted by atomic mass is 32.2. The summed E-state index contributed by atoms with van der Waals surface area (Å²) in [5.41, 5.74) is 3.25. The molecule has 0 aliphatic carbocycles. The van der Waals surface area contributed by atoms with Crippen molar-refractivity contribution in [1.29, 1.82) is 0 Å². The van der Waals surface area contributed by atoms with Crippen LogP contribution in [0.1, 0.15) is 37.4 Å². The van der Waals surface area contributed by atoms with E-state index >= 15 is 0 Å². The number of carbonyl (C=O) groups excluding carboxylic acids is 1. The average Bonchev–Trinajstić information content (AvgIpc) is 2.71. The number of sulfonamides is 1. The van der Waals surface area contributed by atoms with Crippen LogP contribution in [0, 0.1) is 0 Å². The minimum atomic E-state index is -3.41. The fourth-order valence-electron chi connectivity index (χ4n) is 3.45. The van der Waals surface area contributed by atoms with Gasteiger partial charge in [-0.05, 0) is 42.7 Å². The van der Waals surface area contributed by atoms with Gasteiger partial charge < -0.3 is 14.5 Å². The number of nitrogens with one attached hydrogen (secondary N) is 1. The van der Waals surface area contributed by atoms with Crippen molar-refractivity contribution in [2.24, 2.45) is 0 Å². The number of amides is 1. The van der Waals surface area contributed by atoms with E-state index in [0.717, 1.165) is 16.8 Å². The van der Waals surface area contributed by atoms with Gasteiger partial charge in [-0.1, -0.05) is 37.3 Å². The third-order valence-electron chi connectivity index (χ3n) is 4.99. The minimum Gasteiger partial charge on any atom is -0.377 e. The van der Waals surface area contributed by atoms with Crippen molar-refractivity contribution < 1.29 is 17.9 Å². The van der Waals surface area contributed by atoms with Crippen LogP contribution in [0.3, 0.4) is 0 Å². The number of hydrogen-bond donors (Lipinski definition) is 1. The molecule has 0 bridgehead atoms. The second-order valence-electron chi connectivity index (χ2n) is 7.70. The first-order valence-electron chi connectivity index (χ1n) is 10.3. The van der Waals surface area contributed by atoms with Crippen molar-refractivity contribution in [2.75, 3.05) is 43.2 Å². The fourth-order valence-corrected chi connectivity index (χ4v) is 4.58. The van der Waals surface area contributed by atoms with Gasteiger partial charge in [0, 0.05) is 39.1 Å². The monoisotopic (exact) mass is 447 g/mol. The average molecular weight is 448 g/mol. The molecular formula is C23H33N3O4S. The van der Waals surface area contributed by atoms with E-state index in [1.165, 1.54) is 7.11 Å². The van der Waals surface area contributed by atoms with Crippen LogP contribution in [0.2, 0.25) is 0 Å². The summed E-state index contributed by atoms with van der Waals surface area (Å²) in [5, 5.41) is 0. The second-order valence-corrected chi connectivity index (χ2v) is 9.54. The van der Waals surface area contributed by atoms with Crippen LogP contribution < -0.4 is 9.62 Å². The van der Waals surface area contributed by atoms with E-state index in [1.807, 2.05) is 69.2 Å². The second kappa shape index (κ2) is 11.2. The molecule has 2 rings (SSSR count). The van der Waals surface area contributed by atoms with Crippen molar-refractivity contribution in [3.05, 3.63) is 59.7 Å². The SMILES string of the molecule is CCCS(=O)(=O)Nc1ccc(N(C)C)c(CN(C(=O)COC)C(C)c2ccccc2)c1. The smallest absolute Gasteiger partial charge is 0.249 e. The van der Waals surface area contributed by atoms with E-state index < -0.39 is 10.0 Å². The first kappa shape index (κ1) is 24.7. The Hall–Kier alpha value is -2.58. The van der Waals surface area contributed by atoms with Crippen LogP contribution in [0.15, 0.2) is 48.5 Å². The number of nitrogens with zero attached hydrogens (tertiary/aromatic N) is 2. The lowest BCUT2D eigenvalue weighted by atomic mass is 10.0. The molecule has 0 saturated carbocycles. The van der Waals surface area contributed by atoms with Crippen LogP contribution in [-0.4, -0.2) is 52.8 Å². The van der Waals surface area contributed by atoms with Gasteiger partial charge in [-0.25, -0.2) is 8.42 Å². The molecular weight excluding hydrogens is 414 g/mol. The molecule has 0 spiro atoms. The molecule has 0 aliphatic rings. The van der Waals surface area contributed by atoms with E-state index in [4.69, 9.17) is 4.74 Å². The van der Waals surface area contributed by atoms with E-state index in [1.54, 1.807) is 17.0 Å². The maximum Gasteiger partial charge on any atom is 0.249 e. The van der Waals surface area contributed by atoms with Crippen molar-refractivity contribution in [3.8, 4) is 0 Å². The Morgan fingerprint density at radius 2 is 1.81 bits per heavy atom. The Kier molecular flexibility index (Phi) is 8.88. The summed E-state index contributed by atoms with van der Waals surface area (Å²) >= 11 is 0. The molecule has 1 unspecified atom stereocenters. The molecule has 2 aromatic carbocycles. The summed E-state index contributed by atoms with van der Waals surface area (Å²) in [6.45, 7) is 4.09. The molecule has 1 amide bonds. The van der Waals surface area contributed by atoms with Crippen LogP contribution in [0.25, 0.3) is 0 Å². The zero-order valence-electron chi connectivity index (χ0n) is 19.0. The number of rotatable bonds is 11. The van der Waals surface area contributed by atoms with Gasteiger partial charge in [-0.3, -0.25) is 9.52 Å². The Balaban J connectivity index is 2.43. The van der Waals surface area contributed by atoms with Gasteiger partial charge >= 0.3 is 0 Å². The number of anilines is 2. The highest BCUT2D eigenvalue weighted by Crippen LogP contribution is 2.29. The maximum absolute atomic E-state index is 12.9. The summed E-state index contributed by atoms with van der Waals surface area (Å²) in [6.07, 6.45) is 0.534. The molecule has 2 aromatic rings. The standard InChI is InChI=1S/C23H33N3O4S/c1-6-14-31(28,29)24-21-12-13-22(25(3)4)20(15-21)16-26(23(27)17-30-5)18(2)19-10-8-7-9-11-19/h7-13,15,18,24H,6,14,16-17H2,1-5H3. The molecule has 7 nitrogen and oxygen atoms in total. The number of carbonyl (C=O) groups is 1. The highest BCUT2D eigenvalue weighted by Gasteiger charge is 2.23. The number of ether oxygens (including phenoxy) is 1. The Labute approximate surface area is 186 Å². The first-order chi connectivity index (χ1) is 14.7. The zero-order chi connectivity index (χ0) is 23.0. The lowest BCUT2D eigenvalue weighted by Gasteiger charge is -2.31. The molecule has 0 aliphatic heterocycles. The van der Waals surface area contributed by atoms with Gasteiger partial charge in [-0.2, -0.15) is 0 Å². The van der Waals surface area contributed by atoms with Gasteiger partial charge in [-0.15, -0.1) is 0 Å². The Bertz CT molecular complexity index is 962. The first-order valence-corrected chi connectivity index (χ1v) is 12.0. The Morgan fingerprint density at radius 1 is 1.13 bits per heavy atom. The fraction of sp³-hybridized carbons (Fsp3) is 0.435. The molecule has 0 saturated heterocycles. The summed E-state index contributed by atoms with van der Waals surface area (Å²) < 4.78 is 32.2. The van der Waals surface area contributed by atoms with Crippen LogP contribution in [-0.2, 0) is 26.1 Å². The molecule has 1 N–H and O–H groups in total. The minimum absolute atomic E-state index is 0.0305. The molecule has 31 heavy (non-hydrogen) atoms. The van der Waals surface area contributed by atoms with Crippen LogP contribution >= 0.6 is 0 Å². The normalized spacial score (nSPS) is 12.3. The van der Waals surface area contributed by atoms with E-state index in [0.29, 0.717) is 18.7 Å².